The van der Waals surface area contributed by atoms with Gasteiger partial charge in [0, 0.05) is 34.2 Å². The summed E-state index contributed by atoms with van der Waals surface area (Å²) < 4.78 is 1.99. The van der Waals surface area contributed by atoms with Crippen molar-refractivity contribution in [3.8, 4) is 16.8 Å². The van der Waals surface area contributed by atoms with Gasteiger partial charge < -0.3 is 9.88 Å². The topological polar surface area (TPSA) is 71.0 Å². The van der Waals surface area contributed by atoms with Crippen LogP contribution in [0.15, 0.2) is 79.1 Å². The van der Waals surface area contributed by atoms with Gasteiger partial charge in [-0.15, -0.1) is 11.3 Å². The van der Waals surface area contributed by atoms with Gasteiger partial charge in [0.25, 0.3) is 5.91 Å². The zero-order chi connectivity index (χ0) is 26.1. The molecule has 3 aromatic heterocycles. The number of aryl methyl sites for hydroxylation is 1. The van der Waals surface area contributed by atoms with E-state index in [4.69, 9.17) is 28.8 Å². The third-order valence-corrected chi connectivity index (χ3v) is 8.14. The summed E-state index contributed by atoms with van der Waals surface area (Å²) in [6, 6.07) is 21.4. The number of para-hydroxylation sites is 1. The number of fused-ring (bicyclic) bond motifs is 2. The van der Waals surface area contributed by atoms with Crippen LogP contribution < -0.4 is 16.2 Å². The Morgan fingerprint density at radius 1 is 0.947 bits per heavy atom. The van der Waals surface area contributed by atoms with Crippen LogP contribution in [0, 0.1) is 0 Å². The number of pyridine rings is 1. The molecule has 1 aliphatic carbocycles. The van der Waals surface area contributed by atoms with Crippen molar-refractivity contribution in [1.29, 1.82) is 0 Å². The average molecular weight is 558 g/mol. The molecule has 3 heterocycles. The molecule has 1 aliphatic rings. The van der Waals surface area contributed by atoms with Crippen LogP contribution in [0.2, 0.25) is 5.02 Å². The molecule has 0 fully saturated rings. The highest BCUT2D eigenvalue weighted by atomic mass is 35.5. The summed E-state index contributed by atoms with van der Waals surface area (Å²) >= 11 is 13.0. The van der Waals surface area contributed by atoms with Crippen LogP contribution in [0.3, 0.4) is 0 Å². The summed E-state index contributed by atoms with van der Waals surface area (Å²) in [5.74, 6) is -0.283. The summed E-state index contributed by atoms with van der Waals surface area (Å²) in [5, 5.41) is 5.03. The molecule has 3 N–H and O–H groups in total. The minimum atomic E-state index is -0.283. The van der Waals surface area contributed by atoms with E-state index in [0.717, 1.165) is 64.1 Å². The number of hydrazine groups is 1. The van der Waals surface area contributed by atoms with Crippen LogP contribution in [0.1, 0.15) is 33.8 Å². The first-order valence-corrected chi connectivity index (χ1v) is 14.0. The molecule has 0 aliphatic heterocycles. The van der Waals surface area contributed by atoms with E-state index in [1.165, 1.54) is 16.9 Å². The Kier molecular flexibility index (Phi) is 6.84. The number of amides is 1. The summed E-state index contributed by atoms with van der Waals surface area (Å²) in [6.45, 7) is 0. The predicted molar refractivity (Wildman–Crippen MR) is 159 cm³/mol. The lowest BCUT2D eigenvalue weighted by molar-refractivity contribution is 0.0948. The molecule has 2 aromatic carbocycles. The first-order valence-electron chi connectivity index (χ1n) is 12.4. The smallest absolute Gasteiger partial charge is 0.281 e. The quantitative estimate of drug-likeness (QED) is 0.165. The molecular weight excluding hydrogens is 534 g/mol. The van der Waals surface area contributed by atoms with Crippen molar-refractivity contribution >= 4 is 62.1 Å². The van der Waals surface area contributed by atoms with Gasteiger partial charge in [0.2, 0.25) is 0 Å². The number of thiophene rings is 1. The number of thiocarbonyl (C=S) groups is 1. The van der Waals surface area contributed by atoms with Gasteiger partial charge in [-0.25, -0.2) is 4.98 Å². The molecular formula is C29H24ClN5OS2. The molecule has 5 aromatic rings. The van der Waals surface area contributed by atoms with Crippen molar-refractivity contribution in [1.82, 2.24) is 20.4 Å². The molecule has 6 nitrogen and oxygen atoms in total. The minimum absolute atomic E-state index is 0.283. The standard InChI is InChI=1S/C29H24ClN5OS2/c30-19-14-12-18(13-15-19)23-21-10-4-5-11-22(21)32-28-24(23)25(35-16-6-7-17-35)26(38-28)27(36)33-34-29(37)31-20-8-2-1-3-9-20/h1-3,6-9,12-17H,4-5,10-11H2,(H,33,36)(H2,31,34,37). The Balaban J connectivity index is 1.45. The van der Waals surface area contributed by atoms with E-state index < -0.39 is 0 Å². The average Bonchev–Trinajstić information content (AvgIpc) is 3.59. The molecule has 6 rings (SSSR count). The Labute approximate surface area is 234 Å². The number of rotatable bonds is 4. The molecule has 0 atom stereocenters. The molecule has 0 spiro atoms. The van der Waals surface area contributed by atoms with Crippen LogP contribution in [-0.4, -0.2) is 20.6 Å². The number of benzene rings is 2. The minimum Gasteiger partial charge on any atom is -0.331 e. The highest BCUT2D eigenvalue weighted by Gasteiger charge is 2.27. The van der Waals surface area contributed by atoms with Crippen molar-refractivity contribution < 1.29 is 4.79 Å². The fraction of sp³-hybridized carbons (Fsp3) is 0.138. The number of anilines is 1. The summed E-state index contributed by atoms with van der Waals surface area (Å²) in [4.78, 5) is 20.1. The Hall–Kier alpha value is -3.72. The van der Waals surface area contributed by atoms with Crippen LogP contribution in [0.25, 0.3) is 27.0 Å². The molecule has 38 heavy (non-hydrogen) atoms. The van der Waals surface area contributed by atoms with Gasteiger partial charge >= 0.3 is 0 Å². The van der Waals surface area contributed by atoms with Crippen LogP contribution in [-0.2, 0) is 12.8 Å². The number of nitrogens with zero attached hydrogens (tertiary/aromatic N) is 2. The molecule has 0 unspecified atom stereocenters. The van der Waals surface area contributed by atoms with E-state index in [1.54, 1.807) is 0 Å². The molecule has 0 saturated heterocycles. The zero-order valence-electron chi connectivity index (χ0n) is 20.3. The number of nitrogens with one attached hydrogen (secondary N) is 3. The number of carbonyl (C=O) groups is 1. The highest BCUT2D eigenvalue weighted by molar-refractivity contribution is 7.80. The van der Waals surface area contributed by atoms with Gasteiger partial charge in [0.1, 0.15) is 9.71 Å². The van der Waals surface area contributed by atoms with Gasteiger partial charge in [-0.2, -0.15) is 0 Å². The van der Waals surface area contributed by atoms with Gasteiger partial charge in [0.15, 0.2) is 5.11 Å². The summed E-state index contributed by atoms with van der Waals surface area (Å²) in [5.41, 5.74) is 11.8. The maximum absolute atomic E-state index is 13.6. The number of hydrogen-bond acceptors (Lipinski definition) is 4. The lowest BCUT2D eigenvalue weighted by atomic mass is 9.87. The van der Waals surface area contributed by atoms with Crippen molar-refractivity contribution in [2.75, 3.05) is 5.32 Å². The van der Waals surface area contributed by atoms with E-state index in [9.17, 15) is 4.79 Å². The van der Waals surface area contributed by atoms with Gasteiger partial charge in [-0.1, -0.05) is 41.9 Å². The van der Waals surface area contributed by atoms with Crippen LogP contribution in [0.4, 0.5) is 5.69 Å². The SMILES string of the molecule is O=C(NNC(=S)Nc1ccccc1)c1sc2nc3c(c(-c4ccc(Cl)cc4)c2c1-n1cccc1)CCCC3. The molecule has 0 bridgehead atoms. The van der Waals surface area contributed by atoms with Gasteiger partial charge in [-0.05, 0) is 91.0 Å². The van der Waals surface area contributed by atoms with E-state index >= 15 is 0 Å². The monoisotopic (exact) mass is 557 g/mol. The van der Waals surface area contributed by atoms with E-state index in [2.05, 4.69) is 28.3 Å². The van der Waals surface area contributed by atoms with Gasteiger partial charge in [-0.3, -0.25) is 15.6 Å². The Bertz CT molecular complexity index is 1630. The van der Waals surface area contributed by atoms with E-state index in [0.29, 0.717) is 15.0 Å². The fourth-order valence-corrected chi connectivity index (χ4v) is 6.34. The number of halogens is 1. The first-order chi connectivity index (χ1) is 18.6. The summed E-state index contributed by atoms with van der Waals surface area (Å²) in [7, 11) is 0. The first kappa shape index (κ1) is 24.6. The molecule has 9 heteroatoms. The normalized spacial score (nSPS) is 12.7. The van der Waals surface area contributed by atoms with Crippen molar-refractivity contribution in [3.05, 3.63) is 100 Å². The van der Waals surface area contributed by atoms with Gasteiger partial charge in [0.05, 0.1) is 5.69 Å². The van der Waals surface area contributed by atoms with E-state index in [1.807, 2.05) is 71.6 Å². The second-order valence-electron chi connectivity index (χ2n) is 9.08. The zero-order valence-corrected chi connectivity index (χ0v) is 22.7. The second-order valence-corrected chi connectivity index (χ2v) is 10.9. The molecule has 0 radical (unpaired) electrons. The van der Waals surface area contributed by atoms with E-state index in [-0.39, 0.29) is 5.91 Å². The molecule has 190 valence electrons. The Morgan fingerprint density at radius 3 is 2.45 bits per heavy atom. The van der Waals surface area contributed by atoms with Crippen molar-refractivity contribution in [2.45, 2.75) is 25.7 Å². The van der Waals surface area contributed by atoms with Crippen molar-refractivity contribution in [2.24, 2.45) is 0 Å². The lowest BCUT2D eigenvalue weighted by Crippen LogP contribution is -2.43. The molecule has 1 amide bonds. The number of carbonyl (C=O) groups excluding carboxylic acids is 1. The predicted octanol–water partition coefficient (Wildman–Crippen LogP) is 6.92. The highest BCUT2D eigenvalue weighted by Crippen LogP contribution is 2.44. The molecule has 0 saturated carbocycles. The second kappa shape index (κ2) is 10.6. The lowest BCUT2D eigenvalue weighted by Gasteiger charge is -2.21. The Morgan fingerprint density at radius 2 is 1.68 bits per heavy atom. The number of hydrogen-bond donors (Lipinski definition) is 3. The fourth-order valence-electron chi connectivity index (χ4n) is 4.94. The maximum atomic E-state index is 13.6. The summed E-state index contributed by atoms with van der Waals surface area (Å²) in [6.07, 6.45) is 8.04. The van der Waals surface area contributed by atoms with Crippen molar-refractivity contribution in [3.63, 3.8) is 0 Å². The third kappa shape index (κ3) is 4.78. The largest absolute Gasteiger partial charge is 0.331 e. The number of aromatic nitrogens is 2. The van der Waals surface area contributed by atoms with Crippen LogP contribution >= 0.6 is 35.2 Å². The third-order valence-electron chi connectivity index (χ3n) is 6.61. The van der Waals surface area contributed by atoms with Crippen LogP contribution in [0.5, 0.6) is 0 Å². The maximum Gasteiger partial charge on any atom is 0.281 e.